The van der Waals surface area contributed by atoms with Gasteiger partial charge in [-0.05, 0) is 30.0 Å². The summed E-state index contributed by atoms with van der Waals surface area (Å²) in [7, 11) is 1.89. The first-order valence-electron chi connectivity index (χ1n) is 7.69. The molecule has 116 valence electrons. The molecule has 1 N–H and O–H groups in total. The summed E-state index contributed by atoms with van der Waals surface area (Å²) in [6, 6.07) is 7.69. The van der Waals surface area contributed by atoms with Crippen LogP contribution in [0.4, 0.5) is 0 Å². The average Bonchev–Trinajstić information content (AvgIpc) is 3.25. The predicted molar refractivity (Wildman–Crippen MR) is 84.5 cm³/mol. The van der Waals surface area contributed by atoms with Crippen LogP contribution in [0.25, 0.3) is 11.1 Å². The Labute approximate surface area is 130 Å². The summed E-state index contributed by atoms with van der Waals surface area (Å²) in [5, 5.41) is 7.04. The molecule has 1 aliphatic rings. The Morgan fingerprint density at radius 3 is 2.73 bits per heavy atom. The van der Waals surface area contributed by atoms with E-state index in [1.165, 1.54) is 12.8 Å². The lowest BCUT2D eigenvalue weighted by Crippen LogP contribution is -2.29. The van der Waals surface area contributed by atoms with Crippen molar-refractivity contribution in [3.8, 4) is 16.9 Å². The van der Waals surface area contributed by atoms with Crippen molar-refractivity contribution < 1.29 is 9.53 Å². The van der Waals surface area contributed by atoms with E-state index in [1.54, 1.807) is 4.68 Å². The molecule has 1 fully saturated rings. The molecule has 1 aromatic carbocycles. The molecule has 1 amide bonds. The Kier molecular flexibility index (Phi) is 4.42. The van der Waals surface area contributed by atoms with Crippen LogP contribution >= 0.6 is 0 Å². The van der Waals surface area contributed by atoms with Gasteiger partial charge in [0, 0.05) is 25.4 Å². The summed E-state index contributed by atoms with van der Waals surface area (Å²) in [6.45, 7) is 0.823. The topological polar surface area (TPSA) is 56.1 Å². The predicted octanol–water partition coefficient (Wildman–Crippen LogP) is 2.38. The molecule has 3 rings (SSSR count). The van der Waals surface area contributed by atoms with Gasteiger partial charge < -0.3 is 10.1 Å². The maximum Gasteiger partial charge on any atom is 0.257 e. The average molecular weight is 299 g/mol. The number of rotatable bonds is 7. The van der Waals surface area contributed by atoms with E-state index in [-0.39, 0.29) is 12.5 Å². The Morgan fingerprint density at radius 2 is 2.09 bits per heavy atom. The first kappa shape index (κ1) is 14.6. The second kappa shape index (κ2) is 6.64. The van der Waals surface area contributed by atoms with E-state index in [2.05, 4.69) is 10.4 Å². The summed E-state index contributed by atoms with van der Waals surface area (Å²) in [5.74, 6) is 1.48. The number of carbonyl (C=O) groups is 1. The van der Waals surface area contributed by atoms with Gasteiger partial charge in [-0.2, -0.15) is 5.10 Å². The van der Waals surface area contributed by atoms with E-state index in [0.717, 1.165) is 30.0 Å². The summed E-state index contributed by atoms with van der Waals surface area (Å²) in [5.41, 5.74) is 2.14. The van der Waals surface area contributed by atoms with Crippen molar-refractivity contribution in [1.82, 2.24) is 15.1 Å². The fourth-order valence-electron chi connectivity index (χ4n) is 2.34. The quantitative estimate of drug-likeness (QED) is 0.854. The Balaban J connectivity index is 1.45. The number of hydrogen-bond donors (Lipinski definition) is 1. The first-order valence-corrected chi connectivity index (χ1v) is 7.69. The number of amides is 1. The number of nitrogens with one attached hydrogen (secondary N) is 1. The van der Waals surface area contributed by atoms with Crippen molar-refractivity contribution >= 4 is 5.91 Å². The van der Waals surface area contributed by atoms with Crippen LogP contribution < -0.4 is 10.1 Å². The SMILES string of the molecule is Cn1cc(-c2ccc(OCC(=O)NCCC3CC3)cc2)cn1. The molecule has 0 unspecified atom stereocenters. The fourth-order valence-corrected chi connectivity index (χ4v) is 2.34. The minimum Gasteiger partial charge on any atom is -0.484 e. The normalized spacial score (nSPS) is 13.9. The van der Waals surface area contributed by atoms with Crippen molar-refractivity contribution in [2.24, 2.45) is 13.0 Å². The fraction of sp³-hybridized carbons (Fsp3) is 0.412. The van der Waals surface area contributed by atoms with Gasteiger partial charge in [0.15, 0.2) is 6.61 Å². The standard InChI is InChI=1S/C17H21N3O2/c1-20-11-15(10-19-20)14-4-6-16(7-5-14)22-12-17(21)18-9-8-13-2-3-13/h4-7,10-11,13H,2-3,8-9,12H2,1H3,(H,18,21). The molecule has 22 heavy (non-hydrogen) atoms. The van der Waals surface area contributed by atoms with Gasteiger partial charge in [-0.1, -0.05) is 25.0 Å². The number of nitrogens with zero attached hydrogens (tertiary/aromatic N) is 2. The van der Waals surface area contributed by atoms with Gasteiger partial charge in [-0.25, -0.2) is 0 Å². The van der Waals surface area contributed by atoms with Gasteiger partial charge in [0.25, 0.3) is 5.91 Å². The Bertz CT molecular complexity index is 630. The molecule has 2 aromatic rings. The minimum absolute atomic E-state index is 0.0583. The van der Waals surface area contributed by atoms with Gasteiger partial charge in [-0.3, -0.25) is 9.48 Å². The van der Waals surface area contributed by atoms with E-state index in [4.69, 9.17) is 4.74 Å². The molecule has 0 saturated heterocycles. The molecule has 0 aliphatic heterocycles. The van der Waals surface area contributed by atoms with Crippen LogP contribution in [0.5, 0.6) is 5.75 Å². The van der Waals surface area contributed by atoms with Crippen molar-refractivity contribution in [2.45, 2.75) is 19.3 Å². The van der Waals surface area contributed by atoms with Gasteiger partial charge in [0.1, 0.15) is 5.75 Å². The largest absolute Gasteiger partial charge is 0.484 e. The lowest BCUT2D eigenvalue weighted by atomic mass is 10.1. The zero-order chi connectivity index (χ0) is 15.4. The van der Waals surface area contributed by atoms with Crippen LogP contribution in [0.3, 0.4) is 0 Å². The van der Waals surface area contributed by atoms with Gasteiger partial charge in [-0.15, -0.1) is 0 Å². The second-order valence-corrected chi connectivity index (χ2v) is 5.80. The van der Waals surface area contributed by atoms with Crippen LogP contribution in [0.1, 0.15) is 19.3 Å². The smallest absolute Gasteiger partial charge is 0.257 e. The Hall–Kier alpha value is -2.30. The van der Waals surface area contributed by atoms with E-state index in [9.17, 15) is 4.79 Å². The number of carbonyl (C=O) groups excluding carboxylic acids is 1. The third-order valence-electron chi connectivity index (χ3n) is 3.83. The van der Waals surface area contributed by atoms with Crippen molar-refractivity contribution in [3.63, 3.8) is 0 Å². The summed E-state index contributed by atoms with van der Waals surface area (Å²) in [6.07, 6.45) is 7.50. The molecule has 1 heterocycles. The molecule has 5 nitrogen and oxygen atoms in total. The molecular weight excluding hydrogens is 278 g/mol. The van der Waals surface area contributed by atoms with Crippen molar-refractivity contribution in [1.29, 1.82) is 0 Å². The molecule has 1 aliphatic carbocycles. The number of hydrogen-bond acceptors (Lipinski definition) is 3. The lowest BCUT2D eigenvalue weighted by molar-refractivity contribution is -0.123. The summed E-state index contributed by atoms with van der Waals surface area (Å²) < 4.78 is 7.27. The third kappa shape index (κ3) is 4.10. The number of ether oxygens (including phenoxy) is 1. The molecule has 0 atom stereocenters. The molecule has 1 aromatic heterocycles. The minimum atomic E-state index is -0.0583. The van der Waals surface area contributed by atoms with E-state index < -0.39 is 0 Å². The maximum atomic E-state index is 11.7. The number of benzene rings is 1. The van der Waals surface area contributed by atoms with Crippen LogP contribution in [-0.2, 0) is 11.8 Å². The van der Waals surface area contributed by atoms with Crippen LogP contribution in [0.2, 0.25) is 0 Å². The van der Waals surface area contributed by atoms with Crippen LogP contribution in [0.15, 0.2) is 36.7 Å². The van der Waals surface area contributed by atoms with Gasteiger partial charge >= 0.3 is 0 Å². The third-order valence-corrected chi connectivity index (χ3v) is 3.83. The van der Waals surface area contributed by atoms with Gasteiger partial charge in [0.2, 0.25) is 0 Å². The molecular formula is C17H21N3O2. The highest BCUT2D eigenvalue weighted by atomic mass is 16.5. The lowest BCUT2D eigenvalue weighted by Gasteiger charge is -2.07. The zero-order valence-electron chi connectivity index (χ0n) is 12.8. The molecule has 0 spiro atoms. The van der Waals surface area contributed by atoms with Crippen molar-refractivity contribution in [2.75, 3.05) is 13.2 Å². The maximum absolute atomic E-state index is 11.7. The van der Waals surface area contributed by atoms with E-state index >= 15 is 0 Å². The number of aromatic nitrogens is 2. The second-order valence-electron chi connectivity index (χ2n) is 5.80. The van der Waals surface area contributed by atoms with E-state index in [1.807, 2.05) is 43.7 Å². The molecule has 0 bridgehead atoms. The monoisotopic (exact) mass is 299 g/mol. The highest BCUT2D eigenvalue weighted by Crippen LogP contribution is 2.31. The molecule has 0 radical (unpaired) electrons. The van der Waals surface area contributed by atoms with E-state index in [0.29, 0.717) is 5.75 Å². The zero-order valence-corrected chi connectivity index (χ0v) is 12.8. The van der Waals surface area contributed by atoms with Crippen LogP contribution in [0, 0.1) is 5.92 Å². The number of aryl methyl sites for hydroxylation is 1. The summed E-state index contributed by atoms with van der Waals surface area (Å²) in [4.78, 5) is 11.7. The highest BCUT2D eigenvalue weighted by Gasteiger charge is 2.20. The molecule has 5 heteroatoms. The highest BCUT2D eigenvalue weighted by molar-refractivity contribution is 5.77. The van der Waals surface area contributed by atoms with Crippen LogP contribution in [-0.4, -0.2) is 28.8 Å². The van der Waals surface area contributed by atoms with Gasteiger partial charge in [0.05, 0.1) is 6.20 Å². The van der Waals surface area contributed by atoms with Crippen molar-refractivity contribution in [3.05, 3.63) is 36.7 Å². The first-order chi connectivity index (χ1) is 10.7. The molecule has 1 saturated carbocycles. The summed E-state index contributed by atoms with van der Waals surface area (Å²) >= 11 is 0. The Morgan fingerprint density at radius 1 is 1.32 bits per heavy atom.